The summed E-state index contributed by atoms with van der Waals surface area (Å²) in [6.45, 7) is 18.8. The third-order valence-corrected chi connectivity index (χ3v) is 4.40. The topological polar surface area (TPSA) is 24.1 Å². The molecule has 0 heterocycles. The second-order valence-electron chi connectivity index (χ2n) is 6.27. The molecule has 1 unspecified atom stereocenters. The van der Waals surface area contributed by atoms with Crippen molar-refractivity contribution in [3.05, 3.63) is 71.8 Å². The molecule has 2 nitrogen and oxygen atoms in total. The Balaban J connectivity index is 2.62. The highest BCUT2D eigenvalue weighted by Crippen LogP contribution is 2.35. The lowest BCUT2D eigenvalue weighted by molar-refractivity contribution is 0.603. The molecule has 0 aromatic rings. The van der Waals surface area contributed by atoms with Gasteiger partial charge in [0, 0.05) is 24.0 Å². The molecule has 1 aliphatic rings. The second kappa shape index (κ2) is 9.24. The lowest BCUT2D eigenvalue weighted by atomic mass is 9.81. The van der Waals surface area contributed by atoms with E-state index in [0.29, 0.717) is 5.92 Å². The molecular formula is C21H32N2. The molecule has 0 radical (unpaired) electrons. The van der Waals surface area contributed by atoms with Gasteiger partial charge in [0.2, 0.25) is 0 Å². The summed E-state index contributed by atoms with van der Waals surface area (Å²) in [5, 5.41) is 6.33. The van der Waals surface area contributed by atoms with Crippen LogP contribution in [0.2, 0.25) is 0 Å². The van der Waals surface area contributed by atoms with Crippen LogP contribution in [-0.2, 0) is 0 Å². The van der Waals surface area contributed by atoms with Crippen LogP contribution in [0.15, 0.2) is 71.8 Å². The number of allylic oxidation sites excluding steroid dienone is 6. The van der Waals surface area contributed by atoms with Crippen molar-refractivity contribution >= 4 is 0 Å². The first-order valence-electron chi connectivity index (χ1n) is 8.46. The Kier molecular flexibility index (Phi) is 7.67. The van der Waals surface area contributed by atoms with Crippen molar-refractivity contribution in [3.63, 3.8) is 0 Å². The van der Waals surface area contributed by atoms with Crippen molar-refractivity contribution in [1.29, 1.82) is 0 Å². The van der Waals surface area contributed by atoms with Gasteiger partial charge >= 0.3 is 0 Å². The quantitative estimate of drug-likeness (QED) is 0.598. The Morgan fingerprint density at radius 3 is 2.65 bits per heavy atom. The van der Waals surface area contributed by atoms with Crippen LogP contribution in [0.5, 0.6) is 0 Å². The summed E-state index contributed by atoms with van der Waals surface area (Å²) in [5.74, 6) is 0.560. The fourth-order valence-corrected chi connectivity index (χ4v) is 2.80. The molecule has 0 saturated heterocycles. The molecular weight excluding hydrogens is 280 g/mol. The zero-order valence-corrected chi connectivity index (χ0v) is 15.3. The van der Waals surface area contributed by atoms with Crippen molar-refractivity contribution < 1.29 is 0 Å². The van der Waals surface area contributed by atoms with E-state index in [9.17, 15) is 0 Å². The molecule has 0 bridgehead atoms. The minimum atomic E-state index is 0.560. The van der Waals surface area contributed by atoms with Crippen LogP contribution in [0.1, 0.15) is 46.5 Å². The highest BCUT2D eigenvalue weighted by Gasteiger charge is 2.19. The van der Waals surface area contributed by atoms with Crippen molar-refractivity contribution in [1.82, 2.24) is 10.6 Å². The lowest BCUT2D eigenvalue weighted by Gasteiger charge is -2.25. The summed E-state index contributed by atoms with van der Waals surface area (Å²) in [6, 6.07) is 0. The third kappa shape index (κ3) is 5.63. The van der Waals surface area contributed by atoms with Crippen LogP contribution in [0.3, 0.4) is 0 Å². The first-order chi connectivity index (χ1) is 10.9. The summed E-state index contributed by atoms with van der Waals surface area (Å²) >= 11 is 0. The maximum atomic E-state index is 4.25. The van der Waals surface area contributed by atoms with Crippen molar-refractivity contribution in [3.8, 4) is 0 Å². The smallest absolute Gasteiger partial charge is 0.0343 e. The number of likely N-dealkylation sites (N-methyl/N-ethyl adjacent to an activating group) is 1. The molecule has 1 atom stereocenters. The van der Waals surface area contributed by atoms with Gasteiger partial charge in [0.15, 0.2) is 0 Å². The van der Waals surface area contributed by atoms with Crippen LogP contribution >= 0.6 is 0 Å². The number of hydrogen-bond acceptors (Lipinski definition) is 2. The highest BCUT2D eigenvalue weighted by atomic mass is 14.8. The van der Waals surface area contributed by atoms with Crippen molar-refractivity contribution in [2.45, 2.75) is 46.5 Å². The van der Waals surface area contributed by atoms with Crippen LogP contribution in [0.25, 0.3) is 0 Å². The largest absolute Gasteiger partial charge is 0.388 e. The number of nitrogens with one attached hydrogen (secondary N) is 2. The van der Waals surface area contributed by atoms with E-state index in [0.717, 1.165) is 37.1 Å². The molecule has 23 heavy (non-hydrogen) atoms. The SMILES string of the molecule is C=C(CC)N/C=C/CCC(C)C1=CC(C)=C(C(=C)NC)C(=C)C1. The normalized spacial score (nSPS) is 16.3. The van der Waals surface area contributed by atoms with Gasteiger partial charge in [-0.3, -0.25) is 0 Å². The zero-order valence-electron chi connectivity index (χ0n) is 15.3. The van der Waals surface area contributed by atoms with E-state index < -0.39 is 0 Å². The predicted molar refractivity (Wildman–Crippen MR) is 103 cm³/mol. The third-order valence-electron chi connectivity index (χ3n) is 4.40. The molecule has 2 N–H and O–H groups in total. The molecule has 2 heteroatoms. The van der Waals surface area contributed by atoms with Gasteiger partial charge in [-0.05, 0) is 55.9 Å². The van der Waals surface area contributed by atoms with E-state index in [1.165, 1.54) is 22.3 Å². The maximum absolute atomic E-state index is 4.25. The minimum Gasteiger partial charge on any atom is -0.388 e. The van der Waals surface area contributed by atoms with E-state index in [2.05, 4.69) is 63.3 Å². The standard InChI is InChI=1S/C21H32N2/c1-8-18(5)23-12-10-9-11-15(2)20-13-16(3)21(17(4)14-20)19(6)22-7/h10,12,14-15,22-23H,3,5-6,8-9,11,13H2,1-2,4,7H3/b12-10+. The summed E-state index contributed by atoms with van der Waals surface area (Å²) in [4.78, 5) is 0. The summed E-state index contributed by atoms with van der Waals surface area (Å²) in [5.41, 5.74) is 7.10. The van der Waals surface area contributed by atoms with E-state index in [-0.39, 0.29) is 0 Å². The first-order valence-corrected chi connectivity index (χ1v) is 8.46. The maximum Gasteiger partial charge on any atom is 0.0343 e. The Morgan fingerprint density at radius 1 is 1.39 bits per heavy atom. The molecule has 0 fully saturated rings. The molecule has 1 aliphatic carbocycles. The van der Waals surface area contributed by atoms with E-state index in [1.54, 1.807) is 0 Å². The highest BCUT2D eigenvalue weighted by molar-refractivity contribution is 5.54. The molecule has 0 saturated carbocycles. The Hall–Kier alpha value is -1.96. The summed E-state index contributed by atoms with van der Waals surface area (Å²) < 4.78 is 0. The van der Waals surface area contributed by atoms with Gasteiger partial charge in [-0.25, -0.2) is 0 Å². The Labute approximate surface area is 142 Å². The average molecular weight is 313 g/mol. The second-order valence-corrected chi connectivity index (χ2v) is 6.27. The minimum absolute atomic E-state index is 0.560. The fraction of sp³-hybridized carbons (Fsp3) is 0.429. The van der Waals surface area contributed by atoms with Crippen molar-refractivity contribution in [2.24, 2.45) is 5.92 Å². The molecule has 126 valence electrons. The van der Waals surface area contributed by atoms with Crippen LogP contribution < -0.4 is 10.6 Å². The van der Waals surface area contributed by atoms with Gasteiger partial charge in [0.1, 0.15) is 0 Å². The zero-order chi connectivity index (χ0) is 17.4. The first kappa shape index (κ1) is 19.1. The fourth-order valence-electron chi connectivity index (χ4n) is 2.80. The Bertz CT molecular complexity index is 558. The molecule has 0 aromatic carbocycles. The average Bonchev–Trinajstić information content (AvgIpc) is 2.52. The summed E-state index contributed by atoms with van der Waals surface area (Å²) in [6.07, 6.45) is 10.6. The van der Waals surface area contributed by atoms with Crippen LogP contribution in [-0.4, -0.2) is 7.05 Å². The molecule has 0 amide bonds. The predicted octanol–water partition coefficient (Wildman–Crippen LogP) is 5.37. The van der Waals surface area contributed by atoms with Crippen molar-refractivity contribution in [2.75, 3.05) is 7.05 Å². The van der Waals surface area contributed by atoms with Gasteiger partial charge < -0.3 is 10.6 Å². The number of rotatable bonds is 9. The van der Waals surface area contributed by atoms with Gasteiger partial charge in [-0.15, -0.1) is 0 Å². The summed E-state index contributed by atoms with van der Waals surface area (Å²) in [7, 11) is 1.91. The van der Waals surface area contributed by atoms with E-state index in [1.807, 2.05) is 13.2 Å². The molecule has 1 rings (SSSR count). The van der Waals surface area contributed by atoms with E-state index in [4.69, 9.17) is 0 Å². The monoisotopic (exact) mass is 312 g/mol. The van der Waals surface area contributed by atoms with Gasteiger partial charge in [0.25, 0.3) is 0 Å². The molecule has 0 aliphatic heterocycles. The van der Waals surface area contributed by atoms with Gasteiger partial charge in [0.05, 0.1) is 0 Å². The van der Waals surface area contributed by atoms with E-state index >= 15 is 0 Å². The van der Waals surface area contributed by atoms with Crippen LogP contribution in [0.4, 0.5) is 0 Å². The molecule has 0 aromatic heterocycles. The Morgan fingerprint density at radius 2 is 2.09 bits per heavy atom. The van der Waals surface area contributed by atoms with Gasteiger partial charge in [-0.2, -0.15) is 0 Å². The van der Waals surface area contributed by atoms with Crippen LogP contribution in [0, 0.1) is 5.92 Å². The lowest BCUT2D eigenvalue weighted by Crippen LogP contribution is -2.14. The number of hydrogen-bond donors (Lipinski definition) is 2. The van der Waals surface area contributed by atoms with Gasteiger partial charge in [-0.1, -0.05) is 51.3 Å². The molecule has 0 spiro atoms.